The fourth-order valence-corrected chi connectivity index (χ4v) is 2.63. The van der Waals surface area contributed by atoms with Gasteiger partial charge in [-0.05, 0) is 24.8 Å². The maximum absolute atomic E-state index is 4.40. The maximum atomic E-state index is 4.40. The van der Waals surface area contributed by atoms with Gasteiger partial charge in [-0.1, -0.05) is 33.8 Å². The van der Waals surface area contributed by atoms with Gasteiger partial charge in [-0.15, -0.1) is 0 Å². The van der Waals surface area contributed by atoms with Crippen LogP contribution in [0.3, 0.4) is 0 Å². The lowest BCUT2D eigenvalue weighted by atomic mass is 10.1. The molecule has 0 fully saturated rings. The number of rotatable bonds is 8. The van der Waals surface area contributed by atoms with Crippen molar-refractivity contribution in [2.45, 2.75) is 53.1 Å². The number of pyridine rings is 1. The number of nitrogens with one attached hydrogen (secondary N) is 1. The lowest BCUT2D eigenvalue weighted by molar-refractivity contribution is 0.157. The summed E-state index contributed by atoms with van der Waals surface area (Å²) in [7, 11) is 1.94. The number of anilines is 1. The number of hydrogen-bond acceptors (Lipinski definition) is 3. The molecule has 0 aliphatic heterocycles. The Morgan fingerprint density at radius 1 is 1.26 bits per heavy atom. The summed E-state index contributed by atoms with van der Waals surface area (Å²) in [5, 5.41) is 3.19. The highest BCUT2D eigenvalue weighted by atomic mass is 15.2. The standard InChI is InChI=1S/C16H29N3/c1-6-15(7-2)19(11-13(3)4)12-14-9-8-10-18-16(14)17-5/h8-10,13,15H,6-7,11-12H2,1-5H3,(H,17,18). The van der Waals surface area contributed by atoms with Gasteiger partial charge in [0, 0.05) is 37.9 Å². The zero-order chi connectivity index (χ0) is 14.3. The van der Waals surface area contributed by atoms with E-state index in [0.29, 0.717) is 12.0 Å². The number of aromatic nitrogens is 1. The Morgan fingerprint density at radius 3 is 2.47 bits per heavy atom. The monoisotopic (exact) mass is 263 g/mol. The van der Waals surface area contributed by atoms with Crippen LogP contribution in [0.15, 0.2) is 18.3 Å². The van der Waals surface area contributed by atoms with E-state index in [1.165, 1.54) is 18.4 Å². The molecule has 0 aliphatic carbocycles. The van der Waals surface area contributed by atoms with Gasteiger partial charge in [-0.3, -0.25) is 4.90 Å². The van der Waals surface area contributed by atoms with E-state index >= 15 is 0 Å². The minimum atomic E-state index is 0.660. The Morgan fingerprint density at radius 2 is 1.95 bits per heavy atom. The molecule has 108 valence electrons. The zero-order valence-corrected chi connectivity index (χ0v) is 13.1. The smallest absolute Gasteiger partial charge is 0.130 e. The van der Waals surface area contributed by atoms with Crippen molar-refractivity contribution in [3.63, 3.8) is 0 Å². The van der Waals surface area contributed by atoms with Crippen LogP contribution in [0.25, 0.3) is 0 Å². The van der Waals surface area contributed by atoms with Crippen LogP contribution >= 0.6 is 0 Å². The summed E-state index contributed by atoms with van der Waals surface area (Å²) in [6.07, 6.45) is 4.26. The zero-order valence-electron chi connectivity index (χ0n) is 13.1. The van der Waals surface area contributed by atoms with Crippen LogP contribution in [0, 0.1) is 5.92 Å². The van der Waals surface area contributed by atoms with Crippen molar-refractivity contribution in [3.8, 4) is 0 Å². The molecular weight excluding hydrogens is 234 g/mol. The minimum absolute atomic E-state index is 0.660. The lowest BCUT2D eigenvalue weighted by Crippen LogP contribution is -2.36. The van der Waals surface area contributed by atoms with Crippen molar-refractivity contribution >= 4 is 5.82 Å². The van der Waals surface area contributed by atoms with Crippen molar-refractivity contribution in [1.82, 2.24) is 9.88 Å². The average molecular weight is 263 g/mol. The van der Waals surface area contributed by atoms with Crippen molar-refractivity contribution in [3.05, 3.63) is 23.9 Å². The van der Waals surface area contributed by atoms with Crippen LogP contribution in [0.1, 0.15) is 46.1 Å². The second-order valence-corrected chi connectivity index (χ2v) is 5.55. The van der Waals surface area contributed by atoms with E-state index in [4.69, 9.17) is 0 Å². The molecule has 1 rings (SSSR count). The average Bonchev–Trinajstić information content (AvgIpc) is 2.40. The topological polar surface area (TPSA) is 28.2 Å². The van der Waals surface area contributed by atoms with Crippen molar-refractivity contribution in [2.24, 2.45) is 5.92 Å². The van der Waals surface area contributed by atoms with Gasteiger partial charge in [0.1, 0.15) is 5.82 Å². The van der Waals surface area contributed by atoms with E-state index in [1.54, 1.807) is 0 Å². The Hall–Kier alpha value is -1.09. The third-order valence-electron chi connectivity index (χ3n) is 3.56. The fraction of sp³-hybridized carbons (Fsp3) is 0.688. The van der Waals surface area contributed by atoms with Crippen LogP contribution in [0.2, 0.25) is 0 Å². The first-order chi connectivity index (χ1) is 9.12. The molecule has 0 saturated heterocycles. The van der Waals surface area contributed by atoms with Gasteiger partial charge in [-0.25, -0.2) is 4.98 Å². The Balaban J connectivity index is 2.86. The molecule has 3 heteroatoms. The van der Waals surface area contributed by atoms with Gasteiger partial charge >= 0.3 is 0 Å². The van der Waals surface area contributed by atoms with Crippen molar-refractivity contribution in [2.75, 3.05) is 18.9 Å². The highest BCUT2D eigenvalue weighted by Gasteiger charge is 2.17. The van der Waals surface area contributed by atoms with Gasteiger partial charge in [-0.2, -0.15) is 0 Å². The van der Waals surface area contributed by atoms with Gasteiger partial charge in [0.05, 0.1) is 0 Å². The van der Waals surface area contributed by atoms with E-state index in [-0.39, 0.29) is 0 Å². The van der Waals surface area contributed by atoms with E-state index < -0.39 is 0 Å². The first-order valence-electron chi connectivity index (χ1n) is 7.48. The first-order valence-corrected chi connectivity index (χ1v) is 7.48. The van der Waals surface area contributed by atoms with Gasteiger partial charge < -0.3 is 5.32 Å². The highest BCUT2D eigenvalue weighted by molar-refractivity contribution is 5.42. The molecule has 0 radical (unpaired) electrons. The second kappa shape index (κ2) is 8.16. The van der Waals surface area contributed by atoms with Gasteiger partial charge in [0.15, 0.2) is 0 Å². The molecule has 0 aliphatic rings. The van der Waals surface area contributed by atoms with Crippen LogP contribution in [0.4, 0.5) is 5.82 Å². The third kappa shape index (κ3) is 4.83. The summed E-state index contributed by atoms with van der Waals surface area (Å²) >= 11 is 0. The number of nitrogens with zero attached hydrogens (tertiary/aromatic N) is 2. The molecule has 0 atom stereocenters. The van der Waals surface area contributed by atoms with E-state index in [2.05, 4.69) is 49.0 Å². The Labute approximate surface area is 118 Å². The maximum Gasteiger partial charge on any atom is 0.130 e. The van der Waals surface area contributed by atoms with E-state index in [1.807, 2.05) is 19.3 Å². The molecule has 1 heterocycles. The Bertz CT molecular complexity index is 359. The summed E-state index contributed by atoms with van der Waals surface area (Å²) in [5.74, 6) is 1.69. The summed E-state index contributed by atoms with van der Waals surface area (Å²) in [6.45, 7) is 11.3. The molecule has 0 saturated carbocycles. The van der Waals surface area contributed by atoms with Crippen molar-refractivity contribution in [1.29, 1.82) is 0 Å². The molecule has 1 aromatic rings. The Kier molecular flexibility index (Phi) is 6.85. The summed E-state index contributed by atoms with van der Waals surface area (Å²) < 4.78 is 0. The SMILES string of the molecule is CCC(CC)N(Cc1cccnc1NC)CC(C)C. The van der Waals surface area contributed by atoms with Crippen LogP contribution in [-0.4, -0.2) is 29.5 Å². The predicted octanol–water partition coefficient (Wildman–Crippen LogP) is 3.77. The van der Waals surface area contributed by atoms with Crippen LogP contribution < -0.4 is 5.32 Å². The van der Waals surface area contributed by atoms with Crippen molar-refractivity contribution < 1.29 is 0 Å². The molecule has 19 heavy (non-hydrogen) atoms. The first kappa shape index (κ1) is 16.0. The molecule has 0 spiro atoms. The lowest BCUT2D eigenvalue weighted by Gasteiger charge is -2.32. The predicted molar refractivity (Wildman–Crippen MR) is 83.4 cm³/mol. The normalized spacial score (nSPS) is 11.6. The minimum Gasteiger partial charge on any atom is -0.373 e. The second-order valence-electron chi connectivity index (χ2n) is 5.55. The summed E-state index contributed by atoms with van der Waals surface area (Å²) in [4.78, 5) is 7.00. The van der Waals surface area contributed by atoms with Crippen LogP contribution in [0.5, 0.6) is 0 Å². The molecule has 0 unspecified atom stereocenters. The largest absolute Gasteiger partial charge is 0.373 e. The van der Waals surface area contributed by atoms with Gasteiger partial charge in [0.25, 0.3) is 0 Å². The molecule has 0 aromatic carbocycles. The van der Waals surface area contributed by atoms with Crippen LogP contribution in [-0.2, 0) is 6.54 Å². The van der Waals surface area contributed by atoms with Gasteiger partial charge in [0.2, 0.25) is 0 Å². The van der Waals surface area contributed by atoms with E-state index in [0.717, 1.165) is 18.9 Å². The molecule has 1 aromatic heterocycles. The molecule has 0 bridgehead atoms. The molecule has 3 nitrogen and oxygen atoms in total. The fourth-order valence-electron chi connectivity index (χ4n) is 2.63. The molecule has 1 N–H and O–H groups in total. The third-order valence-corrected chi connectivity index (χ3v) is 3.56. The number of hydrogen-bond donors (Lipinski definition) is 1. The highest BCUT2D eigenvalue weighted by Crippen LogP contribution is 2.19. The van der Waals surface area contributed by atoms with E-state index in [9.17, 15) is 0 Å². The molecule has 0 amide bonds. The summed E-state index contributed by atoms with van der Waals surface area (Å²) in [6, 6.07) is 4.86. The molecular formula is C16H29N3. The summed E-state index contributed by atoms with van der Waals surface area (Å²) in [5.41, 5.74) is 1.29. The quantitative estimate of drug-likeness (QED) is 0.774.